The van der Waals surface area contributed by atoms with Crippen LogP contribution in [0.4, 0.5) is 13.2 Å². The minimum absolute atomic E-state index is 0.137. The van der Waals surface area contributed by atoms with Crippen LogP contribution in [-0.2, 0) is 7.05 Å². The van der Waals surface area contributed by atoms with Crippen LogP contribution in [0.3, 0.4) is 0 Å². The summed E-state index contributed by atoms with van der Waals surface area (Å²) in [6.45, 7) is 0. The van der Waals surface area contributed by atoms with Crippen LogP contribution in [0.15, 0.2) is 42.7 Å². The third kappa shape index (κ3) is 5.13. The first-order valence-corrected chi connectivity index (χ1v) is 10.1. The monoisotopic (exact) mass is 446 g/mol. The normalized spacial score (nSPS) is 15.3. The number of ketones is 1. The van der Waals surface area contributed by atoms with E-state index in [0.29, 0.717) is 36.1 Å². The average molecular weight is 446 g/mol. The second kappa shape index (κ2) is 8.34. The molecule has 1 N–H and O–H groups in total. The summed E-state index contributed by atoms with van der Waals surface area (Å²) in [7, 11) is 1.73. The first kappa shape index (κ1) is 21.9. The highest BCUT2D eigenvalue weighted by Gasteiger charge is 2.34. The molecule has 4 rings (SSSR count). The molecule has 1 aromatic carbocycles. The molecule has 0 radical (unpaired) electrons. The minimum atomic E-state index is -4.78. The lowest BCUT2D eigenvalue weighted by Crippen LogP contribution is -2.37. The summed E-state index contributed by atoms with van der Waals surface area (Å²) >= 11 is 0. The molecule has 0 atom stereocenters. The van der Waals surface area contributed by atoms with E-state index in [1.165, 1.54) is 30.3 Å². The molecule has 7 nitrogen and oxygen atoms in total. The number of rotatable bonds is 7. The van der Waals surface area contributed by atoms with Crippen LogP contribution >= 0.6 is 0 Å². The van der Waals surface area contributed by atoms with Crippen molar-refractivity contribution in [2.45, 2.75) is 44.1 Å². The van der Waals surface area contributed by atoms with Gasteiger partial charge in [0.2, 0.25) is 0 Å². The van der Waals surface area contributed by atoms with Gasteiger partial charge in [-0.05, 0) is 56.0 Å². The SMILES string of the molecule is Cn1cc(-c2nc(C(=O)CCC3(O)CCC3)cc(-c3ccc(OC(F)(F)F)cc3)n2)cn1. The van der Waals surface area contributed by atoms with Gasteiger partial charge < -0.3 is 9.84 Å². The number of benzene rings is 1. The van der Waals surface area contributed by atoms with E-state index in [-0.39, 0.29) is 29.5 Å². The topological polar surface area (TPSA) is 90.1 Å². The smallest absolute Gasteiger partial charge is 0.406 e. The summed E-state index contributed by atoms with van der Waals surface area (Å²) in [5, 5.41) is 14.4. The minimum Gasteiger partial charge on any atom is -0.406 e. The molecule has 2 heterocycles. The molecule has 168 valence electrons. The molecule has 0 spiro atoms. The Morgan fingerprint density at radius 1 is 1.19 bits per heavy atom. The van der Waals surface area contributed by atoms with E-state index in [4.69, 9.17) is 0 Å². The molecule has 2 aromatic heterocycles. The van der Waals surface area contributed by atoms with Crippen molar-refractivity contribution in [3.8, 4) is 28.4 Å². The van der Waals surface area contributed by atoms with Gasteiger partial charge in [-0.25, -0.2) is 9.97 Å². The molecule has 1 fully saturated rings. The molecule has 0 saturated heterocycles. The van der Waals surface area contributed by atoms with Gasteiger partial charge in [-0.2, -0.15) is 5.10 Å². The lowest BCUT2D eigenvalue weighted by molar-refractivity contribution is -0.274. The highest BCUT2D eigenvalue weighted by Crippen LogP contribution is 2.36. The van der Waals surface area contributed by atoms with Crippen LogP contribution in [-0.4, -0.2) is 42.6 Å². The largest absolute Gasteiger partial charge is 0.573 e. The number of ether oxygens (including phenoxy) is 1. The Morgan fingerprint density at radius 2 is 1.91 bits per heavy atom. The summed E-state index contributed by atoms with van der Waals surface area (Å²) < 4.78 is 42.8. The quantitative estimate of drug-likeness (QED) is 0.544. The van der Waals surface area contributed by atoms with E-state index in [2.05, 4.69) is 19.8 Å². The fraction of sp³-hybridized carbons (Fsp3) is 0.364. The number of nitrogens with zero attached hydrogens (tertiary/aromatic N) is 4. The Bertz CT molecular complexity index is 1120. The molecule has 3 aromatic rings. The Balaban J connectivity index is 1.65. The number of carbonyl (C=O) groups is 1. The summed E-state index contributed by atoms with van der Waals surface area (Å²) in [6, 6.07) is 6.74. The molecule has 32 heavy (non-hydrogen) atoms. The third-order valence-electron chi connectivity index (χ3n) is 5.46. The second-order valence-corrected chi connectivity index (χ2v) is 7.94. The van der Waals surface area contributed by atoms with Crippen molar-refractivity contribution in [2.75, 3.05) is 0 Å². The van der Waals surface area contributed by atoms with Crippen molar-refractivity contribution in [3.63, 3.8) is 0 Å². The first-order chi connectivity index (χ1) is 15.1. The van der Waals surface area contributed by atoms with Crippen molar-refractivity contribution < 1.29 is 27.8 Å². The number of halogens is 3. The van der Waals surface area contributed by atoms with E-state index in [1.807, 2.05) is 0 Å². The highest BCUT2D eigenvalue weighted by atomic mass is 19.4. The van der Waals surface area contributed by atoms with Crippen LogP contribution in [0.25, 0.3) is 22.6 Å². The number of hydrogen-bond donors (Lipinski definition) is 1. The van der Waals surface area contributed by atoms with E-state index in [1.54, 1.807) is 24.1 Å². The van der Waals surface area contributed by atoms with E-state index in [0.717, 1.165) is 6.42 Å². The molecule has 0 bridgehead atoms. The second-order valence-electron chi connectivity index (χ2n) is 7.94. The zero-order valence-corrected chi connectivity index (χ0v) is 17.3. The van der Waals surface area contributed by atoms with Gasteiger partial charge in [-0.15, -0.1) is 13.2 Å². The predicted octanol–water partition coefficient (Wildman–Crippen LogP) is 4.32. The number of aliphatic hydroxyl groups is 1. The number of Topliss-reactive ketones (excluding diaryl/α,β-unsaturated/α-hetero) is 1. The highest BCUT2D eigenvalue weighted by molar-refractivity contribution is 5.95. The average Bonchev–Trinajstić information content (AvgIpc) is 3.16. The molecule has 0 amide bonds. The zero-order chi connectivity index (χ0) is 22.9. The number of aryl methyl sites for hydroxylation is 1. The van der Waals surface area contributed by atoms with Gasteiger partial charge in [0.1, 0.15) is 11.4 Å². The van der Waals surface area contributed by atoms with Gasteiger partial charge >= 0.3 is 6.36 Å². The number of hydrogen-bond acceptors (Lipinski definition) is 6. The van der Waals surface area contributed by atoms with Gasteiger partial charge in [-0.1, -0.05) is 0 Å². The molecular weight excluding hydrogens is 425 g/mol. The fourth-order valence-electron chi connectivity index (χ4n) is 3.54. The summed E-state index contributed by atoms with van der Waals surface area (Å²) in [4.78, 5) is 21.7. The van der Waals surface area contributed by atoms with E-state index >= 15 is 0 Å². The standard InChI is InChI=1S/C22H21F3N4O3/c1-29-13-15(12-26-29)20-27-17(14-3-5-16(6-4-14)32-22(23,24)25)11-18(28-20)19(30)7-10-21(31)8-2-9-21/h3-6,11-13,31H,2,7-10H2,1H3. The van der Waals surface area contributed by atoms with Crippen LogP contribution in [0.1, 0.15) is 42.6 Å². The fourth-order valence-corrected chi connectivity index (χ4v) is 3.54. The first-order valence-electron chi connectivity index (χ1n) is 10.1. The molecule has 0 aliphatic heterocycles. The number of aromatic nitrogens is 4. The Hall–Kier alpha value is -3.27. The van der Waals surface area contributed by atoms with Gasteiger partial charge in [0, 0.05) is 25.2 Å². The van der Waals surface area contributed by atoms with Crippen molar-refractivity contribution in [1.29, 1.82) is 0 Å². The Labute approximate surface area is 181 Å². The lowest BCUT2D eigenvalue weighted by atomic mass is 9.76. The maximum atomic E-state index is 12.8. The van der Waals surface area contributed by atoms with Crippen LogP contribution < -0.4 is 4.74 Å². The summed E-state index contributed by atoms with van der Waals surface area (Å²) in [5.41, 5.74) is 0.860. The number of carbonyl (C=O) groups excluding carboxylic acids is 1. The molecule has 0 unspecified atom stereocenters. The lowest BCUT2D eigenvalue weighted by Gasteiger charge is -2.36. The van der Waals surface area contributed by atoms with Crippen molar-refractivity contribution in [3.05, 3.63) is 48.4 Å². The van der Waals surface area contributed by atoms with Gasteiger partial charge in [0.25, 0.3) is 0 Å². The number of alkyl halides is 3. The van der Waals surface area contributed by atoms with E-state index < -0.39 is 12.0 Å². The molecular formula is C22H21F3N4O3. The maximum absolute atomic E-state index is 12.8. The molecule has 1 aliphatic rings. The Kier molecular flexibility index (Phi) is 5.72. The van der Waals surface area contributed by atoms with Crippen LogP contribution in [0, 0.1) is 0 Å². The van der Waals surface area contributed by atoms with Crippen molar-refractivity contribution >= 4 is 5.78 Å². The Morgan fingerprint density at radius 3 is 2.47 bits per heavy atom. The van der Waals surface area contributed by atoms with Crippen LogP contribution in [0.5, 0.6) is 5.75 Å². The van der Waals surface area contributed by atoms with Gasteiger partial charge in [-0.3, -0.25) is 9.48 Å². The molecule has 1 aliphatic carbocycles. The van der Waals surface area contributed by atoms with Crippen molar-refractivity contribution in [2.24, 2.45) is 7.05 Å². The third-order valence-corrected chi connectivity index (χ3v) is 5.46. The van der Waals surface area contributed by atoms with Gasteiger partial charge in [0.15, 0.2) is 11.6 Å². The van der Waals surface area contributed by atoms with Crippen molar-refractivity contribution in [1.82, 2.24) is 19.7 Å². The zero-order valence-electron chi connectivity index (χ0n) is 17.3. The molecule has 10 heteroatoms. The van der Waals surface area contributed by atoms with E-state index in [9.17, 15) is 23.1 Å². The summed E-state index contributed by atoms with van der Waals surface area (Å²) in [5.74, 6) is -0.319. The molecule has 1 saturated carbocycles. The summed E-state index contributed by atoms with van der Waals surface area (Å²) in [6.07, 6.45) is 1.28. The maximum Gasteiger partial charge on any atom is 0.573 e. The van der Waals surface area contributed by atoms with Crippen LogP contribution in [0.2, 0.25) is 0 Å². The predicted molar refractivity (Wildman–Crippen MR) is 109 cm³/mol. The van der Waals surface area contributed by atoms with Gasteiger partial charge in [0.05, 0.1) is 23.1 Å².